The number of hydrogen-bond acceptors (Lipinski definition) is 4. The zero-order valence-electron chi connectivity index (χ0n) is 13.1. The molecule has 0 unspecified atom stereocenters. The molecule has 1 aliphatic carbocycles. The normalized spacial score (nSPS) is 23.1. The lowest BCUT2D eigenvalue weighted by Gasteiger charge is -2.35. The van der Waals surface area contributed by atoms with Crippen LogP contribution >= 0.6 is 0 Å². The number of carbonyl (C=O) groups excluding carboxylic acids is 1. The second-order valence-electron chi connectivity index (χ2n) is 6.66. The van der Waals surface area contributed by atoms with Gasteiger partial charge >= 0.3 is 0 Å². The van der Waals surface area contributed by atoms with Gasteiger partial charge in [0.25, 0.3) is 5.91 Å². The van der Waals surface area contributed by atoms with Crippen LogP contribution in [0, 0.1) is 0 Å². The van der Waals surface area contributed by atoms with Crippen molar-refractivity contribution in [2.75, 3.05) is 44.2 Å². The van der Waals surface area contributed by atoms with Crippen molar-refractivity contribution in [1.82, 2.24) is 14.8 Å². The second-order valence-corrected chi connectivity index (χ2v) is 6.66. The molecule has 1 aromatic heterocycles. The van der Waals surface area contributed by atoms with Crippen molar-refractivity contribution in [3.63, 3.8) is 0 Å². The molecule has 0 N–H and O–H groups in total. The van der Waals surface area contributed by atoms with Crippen molar-refractivity contribution < 1.29 is 4.79 Å². The van der Waals surface area contributed by atoms with E-state index in [1.54, 1.807) is 6.20 Å². The Labute approximate surface area is 131 Å². The lowest BCUT2D eigenvalue weighted by atomic mass is 10.2. The molecule has 118 valence electrons. The van der Waals surface area contributed by atoms with Gasteiger partial charge in [-0.05, 0) is 37.8 Å². The molecule has 3 fully saturated rings. The zero-order chi connectivity index (χ0) is 14.9. The lowest BCUT2D eigenvalue weighted by Crippen LogP contribution is -2.47. The Bertz CT molecular complexity index is 526. The van der Waals surface area contributed by atoms with Gasteiger partial charge in [0.15, 0.2) is 0 Å². The summed E-state index contributed by atoms with van der Waals surface area (Å²) in [5.74, 6) is 1.14. The van der Waals surface area contributed by atoms with Gasteiger partial charge in [-0.2, -0.15) is 0 Å². The minimum atomic E-state index is 0.134. The van der Waals surface area contributed by atoms with Gasteiger partial charge in [0.2, 0.25) is 0 Å². The summed E-state index contributed by atoms with van der Waals surface area (Å²) in [5, 5.41) is 0. The molecule has 2 aliphatic heterocycles. The summed E-state index contributed by atoms with van der Waals surface area (Å²) in [7, 11) is 0. The Morgan fingerprint density at radius 1 is 1.00 bits per heavy atom. The van der Waals surface area contributed by atoms with Crippen molar-refractivity contribution >= 4 is 11.7 Å². The molecular weight excluding hydrogens is 276 g/mol. The molecule has 0 spiro atoms. The fourth-order valence-corrected chi connectivity index (χ4v) is 3.56. The lowest BCUT2D eigenvalue weighted by molar-refractivity contribution is 0.0792. The summed E-state index contributed by atoms with van der Waals surface area (Å²) in [6.07, 6.45) is 6.77. The van der Waals surface area contributed by atoms with Gasteiger partial charge in [-0.3, -0.25) is 9.69 Å². The Kier molecular flexibility index (Phi) is 3.74. The molecule has 5 nitrogen and oxygen atoms in total. The smallest absolute Gasteiger partial charge is 0.255 e. The standard InChI is InChI=1S/C17H24N4O/c22-17(21-7-1-2-8-21)14-3-6-16(18-13-14)20-11-9-19(10-12-20)15-4-5-15/h3,6,13,15H,1-2,4-5,7-12H2. The van der Waals surface area contributed by atoms with Crippen LogP contribution in [0.3, 0.4) is 0 Å². The van der Waals surface area contributed by atoms with E-state index in [-0.39, 0.29) is 5.91 Å². The molecule has 0 bridgehead atoms. The minimum absolute atomic E-state index is 0.134. The molecule has 0 atom stereocenters. The van der Waals surface area contributed by atoms with Gasteiger partial charge in [-0.25, -0.2) is 4.98 Å². The summed E-state index contributed by atoms with van der Waals surface area (Å²) >= 11 is 0. The fourth-order valence-electron chi connectivity index (χ4n) is 3.56. The van der Waals surface area contributed by atoms with Crippen LogP contribution in [-0.2, 0) is 0 Å². The number of pyridine rings is 1. The molecule has 1 amide bonds. The third-order valence-electron chi connectivity index (χ3n) is 5.09. The monoisotopic (exact) mass is 300 g/mol. The van der Waals surface area contributed by atoms with Gasteiger partial charge in [-0.15, -0.1) is 0 Å². The molecule has 1 aromatic rings. The number of nitrogens with zero attached hydrogens (tertiary/aromatic N) is 4. The first-order chi connectivity index (χ1) is 10.8. The highest BCUT2D eigenvalue weighted by Gasteiger charge is 2.31. The number of piperazine rings is 1. The molecule has 5 heteroatoms. The topological polar surface area (TPSA) is 39.7 Å². The van der Waals surface area contributed by atoms with E-state index < -0.39 is 0 Å². The Hall–Kier alpha value is -1.62. The third kappa shape index (κ3) is 2.82. The molecule has 4 rings (SSSR count). The fraction of sp³-hybridized carbons (Fsp3) is 0.647. The number of rotatable bonds is 3. The summed E-state index contributed by atoms with van der Waals surface area (Å²) < 4.78 is 0. The predicted molar refractivity (Wildman–Crippen MR) is 86.2 cm³/mol. The molecule has 2 saturated heterocycles. The molecule has 3 heterocycles. The average molecular weight is 300 g/mol. The number of anilines is 1. The highest BCUT2D eigenvalue weighted by molar-refractivity contribution is 5.94. The van der Waals surface area contributed by atoms with Crippen LogP contribution in [0.2, 0.25) is 0 Å². The number of aromatic nitrogens is 1. The third-order valence-corrected chi connectivity index (χ3v) is 5.09. The van der Waals surface area contributed by atoms with Crippen molar-refractivity contribution in [3.8, 4) is 0 Å². The highest BCUT2D eigenvalue weighted by atomic mass is 16.2. The van der Waals surface area contributed by atoms with E-state index >= 15 is 0 Å². The van der Waals surface area contributed by atoms with E-state index in [2.05, 4.69) is 14.8 Å². The maximum Gasteiger partial charge on any atom is 0.255 e. The molecule has 0 radical (unpaired) electrons. The van der Waals surface area contributed by atoms with Gasteiger partial charge in [-0.1, -0.05) is 0 Å². The van der Waals surface area contributed by atoms with E-state index in [0.29, 0.717) is 0 Å². The van der Waals surface area contributed by atoms with Crippen molar-refractivity contribution in [2.24, 2.45) is 0 Å². The molecule has 0 aromatic carbocycles. The predicted octanol–water partition coefficient (Wildman–Crippen LogP) is 1.60. The molecule has 3 aliphatic rings. The number of likely N-dealkylation sites (tertiary alicyclic amines) is 1. The van der Waals surface area contributed by atoms with Crippen molar-refractivity contribution in [1.29, 1.82) is 0 Å². The van der Waals surface area contributed by atoms with Crippen molar-refractivity contribution in [3.05, 3.63) is 23.9 Å². The Morgan fingerprint density at radius 3 is 2.32 bits per heavy atom. The van der Waals surface area contributed by atoms with E-state index in [0.717, 1.165) is 69.5 Å². The largest absolute Gasteiger partial charge is 0.354 e. The SMILES string of the molecule is O=C(c1ccc(N2CCN(C3CC3)CC2)nc1)N1CCCC1. The first kappa shape index (κ1) is 14.0. The average Bonchev–Trinajstić information content (AvgIpc) is 3.29. The zero-order valence-corrected chi connectivity index (χ0v) is 13.1. The minimum Gasteiger partial charge on any atom is -0.354 e. The van der Waals surface area contributed by atoms with Crippen molar-refractivity contribution in [2.45, 2.75) is 31.7 Å². The van der Waals surface area contributed by atoms with Crippen LogP contribution in [0.5, 0.6) is 0 Å². The Morgan fingerprint density at radius 2 is 1.73 bits per heavy atom. The van der Waals surface area contributed by atoms with Crippen LogP contribution in [0.25, 0.3) is 0 Å². The second kappa shape index (κ2) is 5.88. The first-order valence-corrected chi connectivity index (χ1v) is 8.55. The molecule has 1 saturated carbocycles. The summed E-state index contributed by atoms with van der Waals surface area (Å²) in [5.41, 5.74) is 0.724. The molecule has 22 heavy (non-hydrogen) atoms. The first-order valence-electron chi connectivity index (χ1n) is 8.55. The van der Waals surface area contributed by atoms with E-state index in [1.807, 2.05) is 17.0 Å². The van der Waals surface area contributed by atoms with E-state index in [1.165, 1.54) is 12.8 Å². The van der Waals surface area contributed by atoms with Gasteiger partial charge < -0.3 is 9.80 Å². The number of amides is 1. The van der Waals surface area contributed by atoms with Crippen LogP contribution in [0.4, 0.5) is 5.82 Å². The molecular formula is C17H24N4O. The van der Waals surface area contributed by atoms with Crippen LogP contribution < -0.4 is 4.90 Å². The van der Waals surface area contributed by atoms with E-state index in [9.17, 15) is 4.79 Å². The van der Waals surface area contributed by atoms with Crippen LogP contribution in [-0.4, -0.2) is 66.0 Å². The summed E-state index contributed by atoms with van der Waals surface area (Å²) in [6, 6.07) is 4.81. The van der Waals surface area contributed by atoms with Gasteiger partial charge in [0.05, 0.1) is 5.56 Å². The van der Waals surface area contributed by atoms with E-state index in [4.69, 9.17) is 0 Å². The van der Waals surface area contributed by atoms with Crippen LogP contribution in [0.1, 0.15) is 36.0 Å². The highest BCUT2D eigenvalue weighted by Crippen LogP contribution is 2.28. The summed E-state index contributed by atoms with van der Waals surface area (Å²) in [4.78, 5) is 23.7. The number of carbonyl (C=O) groups is 1. The van der Waals surface area contributed by atoms with Gasteiger partial charge in [0.1, 0.15) is 5.82 Å². The Balaban J connectivity index is 1.38. The maximum atomic E-state index is 12.3. The number of hydrogen-bond donors (Lipinski definition) is 0. The summed E-state index contributed by atoms with van der Waals surface area (Å²) in [6.45, 7) is 6.15. The maximum absolute atomic E-state index is 12.3. The quantitative estimate of drug-likeness (QED) is 0.850. The van der Waals surface area contributed by atoms with Crippen LogP contribution in [0.15, 0.2) is 18.3 Å². The van der Waals surface area contributed by atoms with Gasteiger partial charge in [0, 0.05) is 51.5 Å².